The summed E-state index contributed by atoms with van der Waals surface area (Å²) in [6, 6.07) is 42.6. The molecule has 6 aromatic carbocycles. The van der Waals surface area contributed by atoms with Crippen LogP contribution < -0.4 is 0 Å². The molecule has 36 heavy (non-hydrogen) atoms. The molecule has 0 amide bonds. The second kappa shape index (κ2) is 8.50. The normalized spacial score (nSPS) is 11.8. The van der Waals surface area contributed by atoms with Gasteiger partial charge in [-0.3, -0.25) is 0 Å². The summed E-state index contributed by atoms with van der Waals surface area (Å²) in [5, 5.41) is 5.47. The van der Waals surface area contributed by atoms with Gasteiger partial charge in [-0.1, -0.05) is 129 Å². The summed E-state index contributed by atoms with van der Waals surface area (Å²) in [6.07, 6.45) is 3.48. The van der Waals surface area contributed by atoms with Gasteiger partial charge in [0.1, 0.15) is 0 Å². The Bertz CT molecular complexity index is 1740. The van der Waals surface area contributed by atoms with Gasteiger partial charge >= 0.3 is 0 Å². The zero-order valence-electron chi connectivity index (χ0n) is 20.6. The number of fused-ring (bicyclic) bond motifs is 4. The molecular weight excluding hydrogens is 432 g/mol. The highest BCUT2D eigenvalue weighted by molar-refractivity contribution is 6.27. The van der Waals surface area contributed by atoms with E-state index in [1.165, 1.54) is 84.5 Å². The molecule has 0 heterocycles. The van der Waals surface area contributed by atoms with Crippen molar-refractivity contribution in [1.82, 2.24) is 0 Å². The molecule has 1 aliphatic rings. The van der Waals surface area contributed by atoms with Crippen molar-refractivity contribution in [3.05, 3.63) is 121 Å². The molecule has 0 radical (unpaired) electrons. The summed E-state index contributed by atoms with van der Waals surface area (Å²) in [7, 11) is 0. The lowest BCUT2D eigenvalue weighted by Crippen LogP contribution is -1.97. The average Bonchev–Trinajstić information content (AvgIpc) is 3.27. The van der Waals surface area contributed by atoms with Crippen LogP contribution in [-0.4, -0.2) is 0 Å². The van der Waals surface area contributed by atoms with Gasteiger partial charge in [0.05, 0.1) is 0 Å². The Labute approximate surface area is 212 Å². The molecule has 0 fully saturated rings. The average molecular weight is 461 g/mol. The van der Waals surface area contributed by atoms with Gasteiger partial charge in [-0.25, -0.2) is 0 Å². The highest BCUT2D eigenvalue weighted by Gasteiger charge is 2.30. The van der Waals surface area contributed by atoms with E-state index in [1.807, 2.05) is 0 Å². The lowest BCUT2D eigenvalue weighted by molar-refractivity contribution is 0.799. The third-order valence-electron chi connectivity index (χ3n) is 7.79. The first-order valence-corrected chi connectivity index (χ1v) is 13.1. The molecule has 6 aromatic rings. The van der Waals surface area contributed by atoms with E-state index in [1.54, 1.807) is 0 Å². The van der Waals surface area contributed by atoms with Crippen LogP contribution in [0.15, 0.2) is 115 Å². The summed E-state index contributed by atoms with van der Waals surface area (Å²) in [5.41, 5.74) is 12.3. The standard InChI is InChI=1S/C36H28/c1-2-3-13-25-20-12-23-30-32(25)34(27-16-8-5-9-17-27)36-29-22-11-19-24-18-10-21-28(31(24)29)35(36)33(30)26-14-6-4-7-15-26/h4-12,14-23H,2-3,13H2,1H3. The number of aryl methyl sites for hydroxylation is 1. The van der Waals surface area contributed by atoms with Crippen molar-refractivity contribution in [2.75, 3.05) is 0 Å². The quantitative estimate of drug-likeness (QED) is 0.240. The van der Waals surface area contributed by atoms with Crippen LogP contribution in [-0.2, 0) is 6.42 Å². The molecule has 0 aliphatic heterocycles. The fraction of sp³-hybridized carbons (Fsp3) is 0.111. The van der Waals surface area contributed by atoms with Crippen LogP contribution in [0.25, 0.3) is 66.1 Å². The predicted molar refractivity (Wildman–Crippen MR) is 155 cm³/mol. The van der Waals surface area contributed by atoms with Gasteiger partial charge in [-0.2, -0.15) is 0 Å². The van der Waals surface area contributed by atoms with Crippen molar-refractivity contribution in [3.8, 4) is 44.5 Å². The van der Waals surface area contributed by atoms with Gasteiger partial charge in [-0.05, 0) is 84.5 Å². The molecule has 172 valence electrons. The van der Waals surface area contributed by atoms with E-state index >= 15 is 0 Å². The number of benzene rings is 6. The number of hydrogen-bond acceptors (Lipinski definition) is 0. The van der Waals surface area contributed by atoms with E-state index in [9.17, 15) is 0 Å². The maximum atomic E-state index is 2.36. The van der Waals surface area contributed by atoms with E-state index < -0.39 is 0 Å². The van der Waals surface area contributed by atoms with Crippen molar-refractivity contribution < 1.29 is 0 Å². The van der Waals surface area contributed by atoms with Crippen LogP contribution in [0.1, 0.15) is 25.3 Å². The fourth-order valence-corrected chi connectivity index (χ4v) is 6.28. The van der Waals surface area contributed by atoms with Crippen LogP contribution in [0, 0.1) is 0 Å². The van der Waals surface area contributed by atoms with E-state index in [0.717, 1.165) is 6.42 Å². The van der Waals surface area contributed by atoms with Crippen molar-refractivity contribution in [3.63, 3.8) is 0 Å². The van der Waals surface area contributed by atoms with Crippen LogP contribution in [0.4, 0.5) is 0 Å². The monoisotopic (exact) mass is 460 g/mol. The Balaban J connectivity index is 1.75. The van der Waals surface area contributed by atoms with Crippen molar-refractivity contribution >= 4 is 21.5 Å². The molecule has 0 saturated heterocycles. The Morgan fingerprint density at radius 3 is 1.69 bits per heavy atom. The Hall–Kier alpha value is -4.16. The van der Waals surface area contributed by atoms with Crippen LogP contribution in [0.5, 0.6) is 0 Å². The van der Waals surface area contributed by atoms with Gasteiger partial charge in [0.15, 0.2) is 0 Å². The van der Waals surface area contributed by atoms with E-state index in [2.05, 4.69) is 122 Å². The molecule has 0 unspecified atom stereocenters. The van der Waals surface area contributed by atoms with Gasteiger partial charge < -0.3 is 0 Å². The maximum absolute atomic E-state index is 2.36. The molecular formula is C36H28. The Kier molecular flexibility index (Phi) is 4.99. The van der Waals surface area contributed by atoms with Gasteiger partial charge in [0.25, 0.3) is 0 Å². The summed E-state index contributed by atoms with van der Waals surface area (Å²) in [5.74, 6) is 0. The third kappa shape index (κ3) is 3.08. The summed E-state index contributed by atoms with van der Waals surface area (Å²) >= 11 is 0. The molecule has 0 nitrogen and oxygen atoms in total. The van der Waals surface area contributed by atoms with Crippen molar-refractivity contribution in [2.24, 2.45) is 0 Å². The molecule has 0 aromatic heterocycles. The SMILES string of the molecule is CCCCc1cccc2c(-c3ccccc3)c3c(c(-c4ccccc4)c12)-c1cccc2cccc-3c12. The largest absolute Gasteiger partial charge is 0.0654 e. The highest BCUT2D eigenvalue weighted by atomic mass is 14.3. The molecule has 7 rings (SSSR count). The minimum Gasteiger partial charge on any atom is -0.0654 e. The second-order valence-corrected chi connectivity index (χ2v) is 9.88. The fourth-order valence-electron chi connectivity index (χ4n) is 6.28. The first kappa shape index (κ1) is 21.1. The number of unbranched alkanes of at least 4 members (excludes halogenated alkanes) is 1. The minimum atomic E-state index is 1.10. The Morgan fingerprint density at radius 1 is 0.472 bits per heavy atom. The van der Waals surface area contributed by atoms with Gasteiger partial charge in [0.2, 0.25) is 0 Å². The van der Waals surface area contributed by atoms with Crippen LogP contribution in [0.3, 0.4) is 0 Å². The lowest BCUT2D eigenvalue weighted by Gasteiger charge is -2.22. The molecule has 1 aliphatic carbocycles. The van der Waals surface area contributed by atoms with Gasteiger partial charge in [0, 0.05) is 0 Å². The zero-order chi connectivity index (χ0) is 24.1. The summed E-state index contributed by atoms with van der Waals surface area (Å²) in [4.78, 5) is 0. The third-order valence-corrected chi connectivity index (χ3v) is 7.79. The smallest absolute Gasteiger partial charge is 0.000731 e. The molecule has 0 saturated carbocycles. The minimum absolute atomic E-state index is 1.10. The summed E-state index contributed by atoms with van der Waals surface area (Å²) in [6.45, 7) is 2.29. The van der Waals surface area contributed by atoms with Crippen LogP contribution in [0.2, 0.25) is 0 Å². The number of rotatable bonds is 5. The van der Waals surface area contributed by atoms with Crippen molar-refractivity contribution in [2.45, 2.75) is 26.2 Å². The van der Waals surface area contributed by atoms with Crippen molar-refractivity contribution in [1.29, 1.82) is 0 Å². The first-order valence-electron chi connectivity index (χ1n) is 13.1. The van der Waals surface area contributed by atoms with E-state index in [4.69, 9.17) is 0 Å². The van der Waals surface area contributed by atoms with E-state index in [0.29, 0.717) is 0 Å². The number of hydrogen-bond donors (Lipinski definition) is 0. The molecule has 0 spiro atoms. The summed E-state index contributed by atoms with van der Waals surface area (Å²) < 4.78 is 0. The zero-order valence-corrected chi connectivity index (χ0v) is 20.6. The molecule has 0 bridgehead atoms. The molecule has 0 heteroatoms. The maximum Gasteiger partial charge on any atom is -0.000731 e. The first-order chi connectivity index (χ1) is 17.9. The van der Waals surface area contributed by atoms with Gasteiger partial charge in [-0.15, -0.1) is 0 Å². The van der Waals surface area contributed by atoms with Crippen LogP contribution >= 0.6 is 0 Å². The molecule has 0 atom stereocenters. The predicted octanol–water partition coefficient (Wildman–Crippen LogP) is 10.3. The van der Waals surface area contributed by atoms with E-state index in [-0.39, 0.29) is 0 Å². The lowest BCUT2D eigenvalue weighted by atomic mass is 9.80. The second-order valence-electron chi connectivity index (χ2n) is 9.88. The molecule has 0 N–H and O–H groups in total. The highest BCUT2D eigenvalue weighted by Crippen LogP contribution is 2.57. The topological polar surface area (TPSA) is 0 Å². The Morgan fingerprint density at radius 2 is 1.06 bits per heavy atom.